The first-order valence-corrected chi connectivity index (χ1v) is 8.68. The number of anilines is 2. The second-order valence-corrected chi connectivity index (χ2v) is 6.93. The first kappa shape index (κ1) is 14.6. The van der Waals surface area contributed by atoms with E-state index in [9.17, 15) is 0 Å². The second-order valence-electron chi connectivity index (χ2n) is 6.93. The molecule has 1 aliphatic heterocycles. The first-order valence-electron chi connectivity index (χ1n) is 8.68. The average Bonchev–Trinajstić information content (AvgIpc) is 3.33. The third-order valence-corrected chi connectivity index (χ3v) is 5.14. The molecule has 0 amide bonds. The number of likely N-dealkylation sites (N-methyl/N-ethyl adjacent to an activating group) is 1. The molecule has 1 saturated heterocycles. The Balaban J connectivity index is 1.34. The normalized spacial score (nSPS) is 17.8. The predicted octanol–water partition coefficient (Wildman–Crippen LogP) is 1.43. The van der Waals surface area contributed by atoms with E-state index in [1.807, 2.05) is 23.6 Å². The molecule has 2 fully saturated rings. The van der Waals surface area contributed by atoms with Crippen LogP contribution in [-0.4, -0.2) is 56.0 Å². The molecular formula is C17H20N8. The summed E-state index contributed by atoms with van der Waals surface area (Å²) in [5, 5.41) is 13.3. The zero-order chi connectivity index (χ0) is 17.0. The van der Waals surface area contributed by atoms with Crippen LogP contribution in [-0.2, 0) is 0 Å². The molecule has 128 valence electrons. The lowest BCUT2D eigenvalue weighted by Crippen LogP contribution is -2.59. The highest BCUT2D eigenvalue weighted by Gasteiger charge is 2.33. The van der Waals surface area contributed by atoms with Crippen LogP contribution in [0.3, 0.4) is 0 Å². The van der Waals surface area contributed by atoms with Gasteiger partial charge in [0.2, 0.25) is 0 Å². The third kappa shape index (κ3) is 2.40. The Morgan fingerprint density at radius 2 is 1.88 bits per heavy atom. The van der Waals surface area contributed by atoms with Crippen molar-refractivity contribution in [2.75, 3.05) is 29.9 Å². The van der Waals surface area contributed by atoms with Gasteiger partial charge in [-0.15, -0.1) is 15.3 Å². The van der Waals surface area contributed by atoms with Gasteiger partial charge in [-0.05, 0) is 31.9 Å². The van der Waals surface area contributed by atoms with Crippen LogP contribution in [0.2, 0.25) is 0 Å². The van der Waals surface area contributed by atoms with Crippen molar-refractivity contribution in [1.29, 1.82) is 0 Å². The molecule has 0 radical (unpaired) electrons. The van der Waals surface area contributed by atoms with Gasteiger partial charge < -0.3 is 9.80 Å². The van der Waals surface area contributed by atoms with Gasteiger partial charge in [-0.1, -0.05) is 0 Å². The molecule has 8 heteroatoms. The van der Waals surface area contributed by atoms with Gasteiger partial charge >= 0.3 is 0 Å². The Morgan fingerprint density at radius 3 is 2.64 bits per heavy atom. The van der Waals surface area contributed by atoms with Crippen LogP contribution in [0.4, 0.5) is 11.6 Å². The molecule has 0 unspecified atom stereocenters. The Labute approximate surface area is 145 Å². The lowest BCUT2D eigenvalue weighted by atomic mass is 10.1. The van der Waals surface area contributed by atoms with Crippen LogP contribution in [0.1, 0.15) is 30.3 Å². The lowest BCUT2D eigenvalue weighted by molar-refractivity contribution is 0.485. The van der Waals surface area contributed by atoms with E-state index in [1.54, 1.807) is 12.4 Å². The molecule has 3 aromatic heterocycles. The molecule has 4 heterocycles. The molecule has 3 aromatic rings. The maximum atomic E-state index is 4.77. The number of hydrogen-bond donors (Lipinski definition) is 0. The van der Waals surface area contributed by atoms with E-state index in [0.717, 1.165) is 41.9 Å². The van der Waals surface area contributed by atoms with E-state index in [4.69, 9.17) is 5.10 Å². The van der Waals surface area contributed by atoms with Crippen LogP contribution >= 0.6 is 0 Å². The second kappa shape index (κ2) is 5.37. The number of rotatable bonds is 4. The fraction of sp³-hybridized carbons (Fsp3) is 0.471. The zero-order valence-corrected chi connectivity index (χ0v) is 14.4. The lowest BCUT2D eigenvalue weighted by Gasteiger charge is -2.45. The van der Waals surface area contributed by atoms with E-state index < -0.39 is 0 Å². The minimum Gasteiger partial charge on any atom is -0.352 e. The molecule has 0 spiro atoms. The van der Waals surface area contributed by atoms with E-state index in [0.29, 0.717) is 12.0 Å². The van der Waals surface area contributed by atoms with Crippen LogP contribution < -0.4 is 9.80 Å². The zero-order valence-electron chi connectivity index (χ0n) is 14.4. The molecule has 1 aliphatic carbocycles. The molecule has 1 saturated carbocycles. The SMILES string of the molecule is Cc1nccnc1N(C)C1CN(c2ccc3nnc(C4CC4)n3n2)C1. The number of aromatic nitrogens is 6. The van der Waals surface area contributed by atoms with E-state index in [-0.39, 0.29) is 0 Å². The maximum Gasteiger partial charge on any atom is 0.178 e. The van der Waals surface area contributed by atoms with Gasteiger partial charge in [0.1, 0.15) is 11.6 Å². The molecule has 5 rings (SSSR count). The molecule has 25 heavy (non-hydrogen) atoms. The average molecular weight is 336 g/mol. The summed E-state index contributed by atoms with van der Waals surface area (Å²) in [7, 11) is 2.08. The number of fused-ring (bicyclic) bond motifs is 1. The van der Waals surface area contributed by atoms with Crippen molar-refractivity contribution in [3.8, 4) is 0 Å². The third-order valence-electron chi connectivity index (χ3n) is 5.14. The van der Waals surface area contributed by atoms with Gasteiger partial charge in [-0.25, -0.2) is 4.98 Å². The van der Waals surface area contributed by atoms with Gasteiger partial charge in [-0.2, -0.15) is 4.52 Å². The summed E-state index contributed by atoms with van der Waals surface area (Å²) in [5.74, 6) is 3.47. The summed E-state index contributed by atoms with van der Waals surface area (Å²) in [4.78, 5) is 13.3. The quantitative estimate of drug-likeness (QED) is 0.713. The smallest absolute Gasteiger partial charge is 0.178 e. The summed E-state index contributed by atoms with van der Waals surface area (Å²) in [5.41, 5.74) is 1.79. The van der Waals surface area contributed by atoms with E-state index in [2.05, 4.69) is 37.0 Å². The summed E-state index contributed by atoms with van der Waals surface area (Å²) in [6, 6.07) is 4.45. The van der Waals surface area contributed by atoms with Crippen molar-refractivity contribution in [1.82, 2.24) is 29.8 Å². The fourth-order valence-corrected chi connectivity index (χ4v) is 3.37. The predicted molar refractivity (Wildman–Crippen MR) is 93.9 cm³/mol. The molecule has 0 atom stereocenters. The topological polar surface area (TPSA) is 75.3 Å². The largest absolute Gasteiger partial charge is 0.352 e. The molecule has 8 nitrogen and oxygen atoms in total. The fourth-order valence-electron chi connectivity index (χ4n) is 3.37. The van der Waals surface area contributed by atoms with Gasteiger partial charge in [-0.3, -0.25) is 4.98 Å². The van der Waals surface area contributed by atoms with Gasteiger partial charge in [0.25, 0.3) is 0 Å². The summed E-state index contributed by atoms with van der Waals surface area (Å²) >= 11 is 0. The minimum absolute atomic E-state index is 0.414. The minimum atomic E-state index is 0.414. The number of aryl methyl sites for hydroxylation is 1. The highest BCUT2D eigenvalue weighted by atomic mass is 15.4. The highest BCUT2D eigenvalue weighted by Crippen LogP contribution is 2.38. The summed E-state index contributed by atoms with van der Waals surface area (Å²) < 4.78 is 1.91. The van der Waals surface area contributed by atoms with Crippen LogP contribution in [0.15, 0.2) is 24.5 Å². The molecule has 2 aliphatic rings. The van der Waals surface area contributed by atoms with Gasteiger partial charge in [0.05, 0.1) is 11.7 Å². The molecule has 0 N–H and O–H groups in total. The first-order chi connectivity index (χ1) is 12.2. The Kier molecular flexibility index (Phi) is 3.13. The summed E-state index contributed by atoms with van der Waals surface area (Å²) in [6.45, 7) is 3.84. The van der Waals surface area contributed by atoms with Crippen molar-refractivity contribution in [3.05, 3.63) is 36.0 Å². The number of nitrogens with zero attached hydrogens (tertiary/aromatic N) is 8. The van der Waals surface area contributed by atoms with Crippen molar-refractivity contribution in [3.63, 3.8) is 0 Å². The van der Waals surface area contributed by atoms with Crippen LogP contribution in [0, 0.1) is 6.92 Å². The van der Waals surface area contributed by atoms with Gasteiger partial charge in [0, 0.05) is 38.4 Å². The van der Waals surface area contributed by atoms with Crippen molar-refractivity contribution >= 4 is 17.3 Å². The van der Waals surface area contributed by atoms with Crippen LogP contribution in [0.5, 0.6) is 0 Å². The van der Waals surface area contributed by atoms with Crippen molar-refractivity contribution in [2.24, 2.45) is 0 Å². The standard InChI is InChI=1S/C17H20N8/c1-11-16(19-8-7-18-11)23(2)13-9-24(10-13)15-6-5-14-20-21-17(12-3-4-12)25(14)22-15/h5-8,12-13H,3-4,9-10H2,1-2H3. The number of hydrogen-bond acceptors (Lipinski definition) is 7. The molecule has 0 aromatic carbocycles. The molecular weight excluding hydrogens is 316 g/mol. The Hall–Kier alpha value is -2.77. The maximum absolute atomic E-state index is 4.77. The summed E-state index contributed by atoms with van der Waals surface area (Å²) in [6.07, 6.45) is 5.87. The van der Waals surface area contributed by atoms with Crippen molar-refractivity contribution in [2.45, 2.75) is 31.7 Å². The highest BCUT2D eigenvalue weighted by molar-refractivity contribution is 5.51. The Morgan fingerprint density at radius 1 is 1.08 bits per heavy atom. The van der Waals surface area contributed by atoms with E-state index >= 15 is 0 Å². The van der Waals surface area contributed by atoms with E-state index in [1.165, 1.54) is 12.8 Å². The van der Waals surface area contributed by atoms with Crippen LogP contribution in [0.25, 0.3) is 5.65 Å². The van der Waals surface area contributed by atoms with Crippen molar-refractivity contribution < 1.29 is 0 Å². The molecule has 0 bridgehead atoms. The Bertz CT molecular complexity index is 925. The monoisotopic (exact) mass is 336 g/mol. The van der Waals surface area contributed by atoms with Gasteiger partial charge in [0.15, 0.2) is 11.5 Å².